The molecule has 16 heavy (non-hydrogen) atoms. The van der Waals surface area contributed by atoms with E-state index < -0.39 is 28.3 Å². The predicted octanol–water partition coefficient (Wildman–Crippen LogP) is 0.148. The fourth-order valence-corrected chi connectivity index (χ4v) is 1.53. The van der Waals surface area contributed by atoms with Gasteiger partial charge in [0.1, 0.15) is 5.92 Å². The molecular weight excluding hydrogens is 218 g/mol. The Morgan fingerprint density at radius 3 is 2.38 bits per heavy atom. The summed E-state index contributed by atoms with van der Waals surface area (Å²) in [5.41, 5.74) is -1.91. The number of nitrogens with zero attached hydrogens (tertiary/aromatic N) is 1. The van der Waals surface area contributed by atoms with Crippen molar-refractivity contribution in [1.82, 2.24) is 0 Å². The Labute approximate surface area is 91.9 Å². The van der Waals surface area contributed by atoms with Crippen LogP contribution in [0.2, 0.25) is 0 Å². The van der Waals surface area contributed by atoms with Crippen LogP contribution in [0.4, 0.5) is 0 Å². The summed E-state index contributed by atoms with van der Waals surface area (Å²) >= 11 is 0. The molecule has 0 aromatic heterocycles. The lowest BCUT2D eigenvalue weighted by atomic mass is 10.2. The Balaban J connectivity index is 2.77. The first kappa shape index (κ1) is 12.4. The lowest BCUT2D eigenvalue weighted by Gasteiger charge is -2.07. The molecule has 0 aliphatic heterocycles. The number of esters is 2. The molecule has 0 amide bonds. The molecule has 0 radical (unpaired) electrons. The molecule has 0 heterocycles. The van der Waals surface area contributed by atoms with Crippen molar-refractivity contribution in [2.75, 3.05) is 13.2 Å². The van der Waals surface area contributed by atoms with Crippen LogP contribution in [0.25, 0.3) is 0 Å². The van der Waals surface area contributed by atoms with E-state index in [1.807, 2.05) is 0 Å². The molecule has 0 spiro atoms. The zero-order valence-electron chi connectivity index (χ0n) is 9.10. The second kappa shape index (κ2) is 4.46. The molecule has 2 unspecified atom stereocenters. The molecule has 1 fully saturated rings. The van der Waals surface area contributed by atoms with Crippen molar-refractivity contribution in [1.29, 1.82) is 0 Å². The fraction of sp³-hybridized carbons (Fsp3) is 0.778. The van der Waals surface area contributed by atoms with E-state index in [1.54, 1.807) is 13.8 Å². The highest BCUT2D eigenvalue weighted by Gasteiger charge is 2.77. The first-order valence-electron chi connectivity index (χ1n) is 4.99. The minimum atomic E-state index is -1.91. The second-order valence-electron chi connectivity index (χ2n) is 3.41. The van der Waals surface area contributed by atoms with Gasteiger partial charge in [0.05, 0.1) is 19.6 Å². The van der Waals surface area contributed by atoms with Crippen LogP contribution in [0, 0.1) is 16.0 Å². The van der Waals surface area contributed by atoms with Gasteiger partial charge in [-0.15, -0.1) is 0 Å². The quantitative estimate of drug-likeness (QED) is 0.379. The normalized spacial score (nSPS) is 27.0. The van der Waals surface area contributed by atoms with Gasteiger partial charge >= 0.3 is 17.5 Å². The number of hydrogen-bond acceptors (Lipinski definition) is 6. The summed E-state index contributed by atoms with van der Waals surface area (Å²) < 4.78 is 9.25. The number of carbonyl (C=O) groups is 2. The van der Waals surface area contributed by atoms with E-state index in [4.69, 9.17) is 0 Å². The van der Waals surface area contributed by atoms with Crippen molar-refractivity contribution in [2.24, 2.45) is 5.92 Å². The lowest BCUT2D eigenvalue weighted by Crippen LogP contribution is -2.38. The summed E-state index contributed by atoms with van der Waals surface area (Å²) in [6.07, 6.45) is -0.141. The number of hydrogen-bond donors (Lipinski definition) is 0. The molecule has 0 N–H and O–H groups in total. The van der Waals surface area contributed by atoms with Crippen molar-refractivity contribution in [3.05, 3.63) is 10.1 Å². The number of ether oxygens (including phenoxy) is 2. The SMILES string of the molecule is CCOC(=O)C1CC1(C(=O)OCC)[N+](=O)[O-]. The van der Waals surface area contributed by atoms with Gasteiger partial charge in [0, 0.05) is 4.92 Å². The standard InChI is InChI=1S/C9H13NO6/c1-3-15-7(11)6-5-9(6,10(13)14)8(12)16-4-2/h6H,3-5H2,1-2H3. The summed E-state index contributed by atoms with van der Waals surface area (Å²) in [7, 11) is 0. The molecule has 1 aliphatic rings. The Morgan fingerprint density at radius 2 is 1.94 bits per heavy atom. The first-order valence-corrected chi connectivity index (χ1v) is 4.99. The van der Waals surface area contributed by atoms with Gasteiger partial charge in [0.25, 0.3) is 0 Å². The Bertz CT molecular complexity index is 328. The van der Waals surface area contributed by atoms with E-state index in [-0.39, 0.29) is 19.6 Å². The third kappa shape index (κ3) is 1.84. The molecule has 0 bridgehead atoms. The van der Waals surface area contributed by atoms with Gasteiger partial charge in [-0.2, -0.15) is 0 Å². The molecule has 7 nitrogen and oxygen atoms in total. The molecule has 2 atom stereocenters. The third-order valence-corrected chi connectivity index (χ3v) is 2.46. The lowest BCUT2D eigenvalue weighted by molar-refractivity contribution is -0.528. The summed E-state index contributed by atoms with van der Waals surface area (Å²) in [6, 6.07) is 0. The van der Waals surface area contributed by atoms with Gasteiger partial charge in [0.2, 0.25) is 0 Å². The Morgan fingerprint density at radius 1 is 1.38 bits per heavy atom. The van der Waals surface area contributed by atoms with E-state index in [9.17, 15) is 19.7 Å². The van der Waals surface area contributed by atoms with Gasteiger partial charge in [-0.1, -0.05) is 0 Å². The zero-order chi connectivity index (χ0) is 12.3. The highest BCUT2D eigenvalue weighted by molar-refractivity contribution is 5.93. The molecule has 1 saturated carbocycles. The van der Waals surface area contributed by atoms with Crippen molar-refractivity contribution in [2.45, 2.75) is 25.8 Å². The summed E-state index contributed by atoms with van der Waals surface area (Å²) in [5, 5.41) is 10.8. The van der Waals surface area contributed by atoms with E-state index in [2.05, 4.69) is 9.47 Å². The minimum absolute atomic E-state index is 0.0456. The van der Waals surface area contributed by atoms with Crippen molar-refractivity contribution >= 4 is 11.9 Å². The zero-order valence-corrected chi connectivity index (χ0v) is 9.10. The van der Waals surface area contributed by atoms with Gasteiger partial charge < -0.3 is 9.47 Å². The molecule has 1 aliphatic carbocycles. The number of rotatable bonds is 5. The maximum atomic E-state index is 11.4. The highest BCUT2D eigenvalue weighted by atomic mass is 16.6. The first-order chi connectivity index (χ1) is 7.50. The average molecular weight is 231 g/mol. The topological polar surface area (TPSA) is 95.7 Å². The molecule has 0 aromatic carbocycles. The van der Waals surface area contributed by atoms with Gasteiger partial charge in [-0.05, 0) is 13.8 Å². The largest absolute Gasteiger partial charge is 0.466 e. The summed E-state index contributed by atoms with van der Waals surface area (Å²) in [6.45, 7) is 3.32. The molecule has 90 valence electrons. The summed E-state index contributed by atoms with van der Waals surface area (Å²) in [4.78, 5) is 32.8. The van der Waals surface area contributed by atoms with Crippen LogP contribution in [0.5, 0.6) is 0 Å². The molecule has 7 heteroatoms. The molecule has 1 rings (SSSR count). The third-order valence-electron chi connectivity index (χ3n) is 2.46. The molecule has 0 aromatic rings. The molecular formula is C9H13NO6. The number of nitro groups is 1. The fourth-order valence-electron chi connectivity index (χ4n) is 1.53. The monoisotopic (exact) mass is 231 g/mol. The van der Waals surface area contributed by atoms with E-state index >= 15 is 0 Å². The Kier molecular flexibility index (Phi) is 3.46. The smallest absolute Gasteiger partial charge is 0.385 e. The van der Waals surface area contributed by atoms with Gasteiger partial charge in [-0.3, -0.25) is 14.9 Å². The maximum absolute atomic E-state index is 11.4. The number of carbonyl (C=O) groups excluding carboxylic acids is 2. The van der Waals surface area contributed by atoms with Crippen LogP contribution in [-0.4, -0.2) is 35.6 Å². The maximum Gasteiger partial charge on any atom is 0.385 e. The summed E-state index contributed by atoms with van der Waals surface area (Å²) in [5.74, 6) is -2.69. The van der Waals surface area contributed by atoms with Crippen molar-refractivity contribution in [3.8, 4) is 0 Å². The Hall–Kier alpha value is -1.66. The predicted molar refractivity (Wildman–Crippen MR) is 51.1 cm³/mol. The van der Waals surface area contributed by atoms with Crippen LogP contribution in [0.15, 0.2) is 0 Å². The van der Waals surface area contributed by atoms with Crippen LogP contribution in [0.1, 0.15) is 20.3 Å². The van der Waals surface area contributed by atoms with E-state index in [1.165, 1.54) is 0 Å². The van der Waals surface area contributed by atoms with Crippen molar-refractivity contribution in [3.63, 3.8) is 0 Å². The van der Waals surface area contributed by atoms with Crippen molar-refractivity contribution < 1.29 is 24.0 Å². The average Bonchev–Trinajstić information content (AvgIpc) is 2.94. The van der Waals surface area contributed by atoms with Crippen LogP contribution >= 0.6 is 0 Å². The van der Waals surface area contributed by atoms with Crippen LogP contribution < -0.4 is 0 Å². The highest BCUT2D eigenvalue weighted by Crippen LogP contribution is 2.48. The minimum Gasteiger partial charge on any atom is -0.466 e. The second-order valence-corrected chi connectivity index (χ2v) is 3.41. The van der Waals surface area contributed by atoms with Crippen LogP contribution in [-0.2, 0) is 19.1 Å². The molecule has 0 saturated heterocycles. The van der Waals surface area contributed by atoms with Gasteiger partial charge in [0.15, 0.2) is 0 Å². The van der Waals surface area contributed by atoms with E-state index in [0.29, 0.717) is 0 Å². The van der Waals surface area contributed by atoms with E-state index in [0.717, 1.165) is 0 Å². The van der Waals surface area contributed by atoms with Crippen LogP contribution in [0.3, 0.4) is 0 Å². The van der Waals surface area contributed by atoms with Gasteiger partial charge in [-0.25, -0.2) is 4.79 Å².